The molecule has 0 unspecified atom stereocenters. The van der Waals surface area contributed by atoms with Gasteiger partial charge in [-0.15, -0.1) is 0 Å². The van der Waals surface area contributed by atoms with Crippen LogP contribution in [0.15, 0.2) is 54.6 Å². The fraction of sp³-hybridized carbons (Fsp3) is 0.500. The van der Waals surface area contributed by atoms with Crippen LogP contribution in [0.1, 0.15) is 76.2 Å². The van der Waals surface area contributed by atoms with Gasteiger partial charge in [-0.25, -0.2) is 4.79 Å². The maximum Gasteiger partial charge on any atom is 0.410 e. The van der Waals surface area contributed by atoms with Crippen LogP contribution >= 0.6 is 0 Å². The Morgan fingerprint density at radius 1 is 1.09 bits per heavy atom. The Balaban J connectivity index is 1.39. The van der Waals surface area contributed by atoms with Crippen LogP contribution < -0.4 is 0 Å². The highest BCUT2D eigenvalue weighted by molar-refractivity contribution is 5.85. The Hall–Kier alpha value is -2.75. The van der Waals surface area contributed by atoms with E-state index in [1.165, 1.54) is 28.6 Å². The second-order valence-corrected chi connectivity index (χ2v) is 11.0. The second-order valence-electron chi connectivity index (χ2n) is 11.0. The quantitative estimate of drug-likeness (QED) is 0.443. The summed E-state index contributed by atoms with van der Waals surface area (Å²) in [6.07, 6.45) is 4.74. The molecule has 2 aliphatic rings. The van der Waals surface area contributed by atoms with Crippen molar-refractivity contribution in [2.75, 3.05) is 6.54 Å². The summed E-state index contributed by atoms with van der Waals surface area (Å²) in [5.74, 6) is 0.882. The largest absolute Gasteiger partial charge is 0.446 e. The third-order valence-corrected chi connectivity index (χ3v) is 8.53. The second kappa shape index (κ2) is 9.13. The van der Waals surface area contributed by atoms with Crippen LogP contribution in [-0.4, -0.2) is 28.6 Å². The van der Waals surface area contributed by atoms with Gasteiger partial charge in [0.1, 0.15) is 6.10 Å². The van der Waals surface area contributed by atoms with Gasteiger partial charge in [-0.3, -0.25) is 4.90 Å². The molecule has 0 radical (unpaired) electrons. The molecule has 4 atom stereocenters. The van der Waals surface area contributed by atoms with Gasteiger partial charge in [0.05, 0.1) is 6.04 Å². The Kier molecular flexibility index (Phi) is 6.18. The van der Waals surface area contributed by atoms with E-state index in [0.717, 1.165) is 31.2 Å². The van der Waals surface area contributed by atoms with E-state index in [0.29, 0.717) is 18.4 Å². The molecule has 0 saturated heterocycles. The molecule has 5 rings (SSSR count). The summed E-state index contributed by atoms with van der Waals surface area (Å²) < 4.78 is 6.42. The molecule has 3 aromatic rings. The highest BCUT2D eigenvalue weighted by atomic mass is 16.6. The number of carbonyl (C=O) groups excluding carboxylic acids is 1. The Morgan fingerprint density at radius 2 is 1.82 bits per heavy atom. The predicted molar refractivity (Wildman–Crippen MR) is 138 cm³/mol. The van der Waals surface area contributed by atoms with Gasteiger partial charge in [-0.1, -0.05) is 82.6 Å². The lowest BCUT2D eigenvalue weighted by molar-refractivity contribution is -0.0242. The van der Waals surface area contributed by atoms with Crippen molar-refractivity contribution in [3.05, 3.63) is 71.4 Å². The number of fused-ring (bicyclic) bond motifs is 3. The number of ether oxygens (including phenoxy) is 1. The highest BCUT2D eigenvalue weighted by Gasteiger charge is 2.43. The highest BCUT2D eigenvalue weighted by Crippen LogP contribution is 2.44. The van der Waals surface area contributed by atoms with E-state index in [1.54, 1.807) is 0 Å². The molecule has 1 fully saturated rings. The normalized spacial score (nSPS) is 25.2. The number of carbonyl (C=O) groups is 1. The number of hydrogen-bond acceptors (Lipinski definition) is 2. The Morgan fingerprint density at radius 3 is 2.59 bits per heavy atom. The summed E-state index contributed by atoms with van der Waals surface area (Å²) in [4.78, 5) is 19.3. The van der Waals surface area contributed by atoms with Gasteiger partial charge < -0.3 is 9.72 Å². The van der Waals surface area contributed by atoms with Crippen molar-refractivity contribution in [3.63, 3.8) is 0 Å². The van der Waals surface area contributed by atoms with Gasteiger partial charge in [0.2, 0.25) is 0 Å². The molecule has 1 amide bonds. The van der Waals surface area contributed by atoms with Gasteiger partial charge in [-0.05, 0) is 54.2 Å². The number of hydrogen-bond donors (Lipinski definition) is 1. The third kappa shape index (κ3) is 4.01. The molecule has 1 N–H and O–H groups in total. The molecule has 2 aromatic carbocycles. The van der Waals surface area contributed by atoms with Crippen LogP contribution in [0.3, 0.4) is 0 Å². The van der Waals surface area contributed by atoms with Gasteiger partial charge in [-0.2, -0.15) is 0 Å². The molecular formula is C30H38N2O2. The van der Waals surface area contributed by atoms with Crippen LogP contribution in [0.2, 0.25) is 0 Å². The summed E-state index contributed by atoms with van der Waals surface area (Å²) in [5.41, 5.74) is 4.98. The first-order valence-corrected chi connectivity index (χ1v) is 13.0. The zero-order chi connectivity index (χ0) is 23.9. The number of H-pyrrole nitrogens is 1. The standard InChI is InChI=1S/C30H38N2O2/c1-5-26-28-23(22-13-9-10-14-25(22)31-28)17-18-32(26)29(33)34-27-19-20(2)15-16-24(27)30(3,4)21-11-7-6-8-12-21/h6-14,20,24,26-27,31H,5,15-19H2,1-4H3/t20-,24-,26+,27-/m1/s1. The molecule has 1 aromatic heterocycles. The van der Waals surface area contributed by atoms with E-state index >= 15 is 0 Å². The monoisotopic (exact) mass is 458 g/mol. The number of nitrogens with zero attached hydrogens (tertiary/aromatic N) is 1. The SMILES string of the molecule is CC[C@H]1c2[nH]c3ccccc3c2CCN1C(=O)O[C@@H]1C[C@H](C)CC[C@H]1C(C)(C)c1ccccc1. The topological polar surface area (TPSA) is 45.3 Å². The van der Waals surface area contributed by atoms with Crippen LogP contribution in [0.5, 0.6) is 0 Å². The minimum absolute atomic E-state index is 0.0326. The first-order valence-electron chi connectivity index (χ1n) is 13.0. The zero-order valence-corrected chi connectivity index (χ0v) is 21.0. The molecule has 2 heterocycles. The third-order valence-electron chi connectivity index (χ3n) is 8.53. The molecule has 0 bridgehead atoms. The van der Waals surface area contributed by atoms with Gasteiger partial charge in [0.25, 0.3) is 0 Å². The minimum atomic E-state index is -0.149. The van der Waals surface area contributed by atoms with Gasteiger partial charge in [0.15, 0.2) is 0 Å². The molecule has 4 nitrogen and oxygen atoms in total. The van der Waals surface area contributed by atoms with Crippen molar-refractivity contribution in [2.45, 2.75) is 77.4 Å². The van der Waals surface area contributed by atoms with E-state index in [9.17, 15) is 4.79 Å². The van der Waals surface area contributed by atoms with Crippen molar-refractivity contribution in [2.24, 2.45) is 11.8 Å². The first kappa shape index (κ1) is 23.0. The van der Waals surface area contributed by atoms with E-state index in [4.69, 9.17) is 4.74 Å². The number of benzene rings is 2. The summed E-state index contributed by atoms with van der Waals surface area (Å²) in [6, 6.07) is 19.2. The number of rotatable bonds is 4. The molecule has 1 aliphatic carbocycles. The van der Waals surface area contributed by atoms with Gasteiger partial charge >= 0.3 is 6.09 Å². The molecular weight excluding hydrogens is 420 g/mol. The molecule has 4 heteroatoms. The Labute approximate surface area is 203 Å². The van der Waals surface area contributed by atoms with Crippen molar-refractivity contribution < 1.29 is 9.53 Å². The average Bonchev–Trinajstić information content (AvgIpc) is 3.22. The fourth-order valence-corrected chi connectivity index (χ4v) is 6.53. The van der Waals surface area contributed by atoms with Crippen LogP contribution in [0.4, 0.5) is 4.79 Å². The number of nitrogens with one attached hydrogen (secondary N) is 1. The summed E-state index contributed by atoms with van der Waals surface area (Å²) >= 11 is 0. The number of aromatic nitrogens is 1. The van der Waals surface area contributed by atoms with E-state index in [-0.39, 0.29) is 23.7 Å². The van der Waals surface area contributed by atoms with Crippen molar-refractivity contribution in [1.82, 2.24) is 9.88 Å². The van der Waals surface area contributed by atoms with Crippen molar-refractivity contribution in [3.8, 4) is 0 Å². The maximum atomic E-state index is 13.7. The van der Waals surface area contributed by atoms with Crippen LogP contribution in [0, 0.1) is 11.8 Å². The lowest BCUT2D eigenvalue weighted by Gasteiger charge is -2.45. The zero-order valence-electron chi connectivity index (χ0n) is 21.0. The van der Waals surface area contributed by atoms with E-state index < -0.39 is 0 Å². The maximum absolute atomic E-state index is 13.7. The molecule has 180 valence electrons. The molecule has 1 saturated carbocycles. The Bertz CT molecular complexity index is 1150. The number of para-hydroxylation sites is 1. The van der Waals surface area contributed by atoms with E-state index in [2.05, 4.69) is 87.3 Å². The van der Waals surface area contributed by atoms with Crippen molar-refractivity contribution >= 4 is 17.0 Å². The lowest BCUT2D eigenvalue weighted by Crippen LogP contribution is -2.47. The first-order chi connectivity index (χ1) is 16.4. The minimum Gasteiger partial charge on any atom is -0.446 e. The van der Waals surface area contributed by atoms with Crippen LogP contribution in [0.25, 0.3) is 10.9 Å². The average molecular weight is 459 g/mol. The number of aromatic amines is 1. The summed E-state index contributed by atoms with van der Waals surface area (Å²) in [7, 11) is 0. The van der Waals surface area contributed by atoms with Crippen molar-refractivity contribution in [1.29, 1.82) is 0 Å². The molecule has 0 spiro atoms. The molecule has 34 heavy (non-hydrogen) atoms. The predicted octanol–water partition coefficient (Wildman–Crippen LogP) is 7.40. The van der Waals surface area contributed by atoms with E-state index in [1.807, 2.05) is 4.90 Å². The lowest BCUT2D eigenvalue weighted by atomic mass is 9.64. The summed E-state index contributed by atoms with van der Waals surface area (Å²) in [6.45, 7) is 9.79. The summed E-state index contributed by atoms with van der Waals surface area (Å²) in [5, 5.41) is 1.29. The smallest absolute Gasteiger partial charge is 0.410 e. The number of amides is 1. The van der Waals surface area contributed by atoms with Gasteiger partial charge in [0, 0.05) is 29.1 Å². The van der Waals surface area contributed by atoms with Crippen LogP contribution in [-0.2, 0) is 16.6 Å². The molecule has 1 aliphatic heterocycles. The fourth-order valence-electron chi connectivity index (χ4n) is 6.53.